The van der Waals surface area contributed by atoms with E-state index in [1.165, 1.54) is 6.07 Å². The van der Waals surface area contributed by atoms with E-state index in [4.69, 9.17) is 5.73 Å². The lowest BCUT2D eigenvalue weighted by molar-refractivity contribution is -0.384. The highest BCUT2D eigenvalue weighted by Gasteiger charge is 2.25. The summed E-state index contributed by atoms with van der Waals surface area (Å²) in [7, 11) is 0. The summed E-state index contributed by atoms with van der Waals surface area (Å²) in [6, 6.07) is 14.5. The molecule has 156 valence electrons. The summed E-state index contributed by atoms with van der Waals surface area (Å²) in [4.78, 5) is 28.1. The van der Waals surface area contributed by atoms with Crippen LogP contribution in [-0.2, 0) is 6.54 Å². The third-order valence-electron chi connectivity index (χ3n) is 5.00. The van der Waals surface area contributed by atoms with Gasteiger partial charge in [-0.25, -0.2) is 0 Å². The van der Waals surface area contributed by atoms with Crippen LogP contribution in [-0.4, -0.2) is 41.9 Å². The van der Waals surface area contributed by atoms with Gasteiger partial charge in [0.05, 0.1) is 4.92 Å². The van der Waals surface area contributed by atoms with Crippen LogP contribution >= 0.6 is 12.4 Å². The van der Waals surface area contributed by atoms with Crippen LogP contribution in [0.2, 0.25) is 0 Å². The Balaban J connectivity index is 0.00000300. The van der Waals surface area contributed by atoms with Gasteiger partial charge in [-0.1, -0.05) is 30.3 Å². The number of hydrogen-bond donors (Lipinski definition) is 1. The highest BCUT2D eigenvalue weighted by molar-refractivity contribution is 5.95. The molecule has 1 fully saturated rings. The van der Waals surface area contributed by atoms with Gasteiger partial charge in [0.25, 0.3) is 11.6 Å². The monoisotopic (exact) mass is 418 g/mol. The topological polar surface area (TPSA) is 92.7 Å². The third-order valence-corrected chi connectivity index (χ3v) is 5.00. The van der Waals surface area contributed by atoms with E-state index in [1.54, 1.807) is 17.0 Å². The summed E-state index contributed by atoms with van der Waals surface area (Å²) in [5, 5.41) is 11.6. The van der Waals surface area contributed by atoms with E-state index in [1.807, 2.05) is 35.2 Å². The largest absolute Gasteiger partial charge is 0.366 e. The van der Waals surface area contributed by atoms with Crippen molar-refractivity contribution in [3.8, 4) is 0 Å². The maximum absolute atomic E-state index is 13.1. The van der Waals surface area contributed by atoms with Gasteiger partial charge in [-0.05, 0) is 43.5 Å². The molecule has 8 heteroatoms. The molecule has 7 nitrogen and oxygen atoms in total. The fourth-order valence-corrected chi connectivity index (χ4v) is 3.55. The molecule has 2 aromatic rings. The van der Waals surface area contributed by atoms with Gasteiger partial charge in [0, 0.05) is 37.8 Å². The fourth-order valence-electron chi connectivity index (χ4n) is 3.55. The van der Waals surface area contributed by atoms with Gasteiger partial charge >= 0.3 is 0 Å². The van der Waals surface area contributed by atoms with Crippen molar-refractivity contribution in [2.75, 3.05) is 31.1 Å². The van der Waals surface area contributed by atoms with Crippen molar-refractivity contribution in [2.24, 2.45) is 5.73 Å². The Bertz CT molecular complexity index is 826. The van der Waals surface area contributed by atoms with Gasteiger partial charge in [-0.15, -0.1) is 12.4 Å². The maximum atomic E-state index is 13.1. The number of amides is 1. The van der Waals surface area contributed by atoms with E-state index in [0.717, 1.165) is 31.5 Å². The van der Waals surface area contributed by atoms with Gasteiger partial charge in [0.1, 0.15) is 5.69 Å². The number of halogens is 1. The van der Waals surface area contributed by atoms with Crippen LogP contribution in [0, 0.1) is 10.1 Å². The normalized spacial score (nSPS) is 13.1. The Morgan fingerprint density at radius 3 is 2.45 bits per heavy atom. The lowest BCUT2D eigenvalue weighted by Gasteiger charge is -2.23. The molecule has 29 heavy (non-hydrogen) atoms. The number of nitro groups is 1. The summed E-state index contributed by atoms with van der Waals surface area (Å²) in [6.45, 7) is 3.05. The van der Waals surface area contributed by atoms with E-state index < -0.39 is 4.92 Å². The Labute approximate surface area is 177 Å². The third kappa shape index (κ3) is 5.68. The van der Waals surface area contributed by atoms with Crippen molar-refractivity contribution >= 4 is 29.7 Å². The number of nitrogens with zero attached hydrogens (tertiary/aromatic N) is 3. The molecule has 2 N–H and O–H groups in total. The molecule has 0 radical (unpaired) electrons. The summed E-state index contributed by atoms with van der Waals surface area (Å²) in [5.74, 6) is -0.214. The van der Waals surface area contributed by atoms with E-state index in [2.05, 4.69) is 0 Å². The molecular formula is C21H27ClN4O3. The Kier molecular flexibility index (Phi) is 8.42. The highest BCUT2D eigenvalue weighted by Crippen LogP contribution is 2.32. The molecule has 0 aliphatic carbocycles. The molecule has 1 saturated heterocycles. The van der Waals surface area contributed by atoms with Crippen molar-refractivity contribution in [3.05, 3.63) is 69.8 Å². The first-order chi connectivity index (χ1) is 13.6. The van der Waals surface area contributed by atoms with Crippen molar-refractivity contribution in [2.45, 2.75) is 25.8 Å². The molecule has 0 atom stereocenters. The second-order valence-electron chi connectivity index (χ2n) is 7.01. The molecule has 0 bridgehead atoms. The van der Waals surface area contributed by atoms with Crippen LogP contribution in [0.1, 0.15) is 35.2 Å². The summed E-state index contributed by atoms with van der Waals surface area (Å²) >= 11 is 0. The average molecular weight is 419 g/mol. The lowest BCUT2D eigenvalue weighted by Crippen LogP contribution is -2.32. The van der Waals surface area contributed by atoms with Crippen LogP contribution in [0.4, 0.5) is 11.4 Å². The fraction of sp³-hybridized carbons (Fsp3) is 0.381. The molecule has 1 aliphatic heterocycles. The minimum Gasteiger partial charge on any atom is -0.366 e. The van der Waals surface area contributed by atoms with Gasteiger partial charge < -0.3 is 15.5 Å². The Morgan fingerprint density at radius 1 is 1.14 bits per heavy atom. The Hall–Kier alpha value is -2.64. The molecule has 0 unspecified atom stereocenters. The number of nitro benzene ring substituents is 1. The molecule has 2 aromatic carbocycles. The van der Waals surface area contributed by atoms with Crippen LogP contribution in [0.15, 0.2) is 48.5 Å². The van der Waals surface area contributed by atoms with Gasteiger partial charge in [0.2, 0.25) is 0 Å². The molecule has 1 amide bonds. The molecule has 0 spiro atoms. The lowest BCUT2D eigenvalue weighted by atomic mass is 10.1. The summed E-state index contributed by atoms with van der Waals surface area (Å²) in [5.41, 5.74) is 7.56. The van der Waals surface area contributed by atoms with Crippen LogP contribution < -0.4 is 10.6 Å². The predicted molar refractivity (Wildman–Crippen MR) is 117 cm³/mol. The van der Waals surface area contributed by atoms with Crippen molar-refractivity contribution in [3.63, 3.8) is 0 Å². The average Bonchev–Trinajstić information content (AvgIpc) is 3.25. The summed E-state index contributed by atoms with van der Waals surface area (Å²) < 4.78 is 0. The number of hydrogen-bond acceptors (Lipinski definition) is 5. The molecular weight excluding hydrogens is 392 g/mol. The quantitative estimate of drug-likeness (QED) is 0.522. The van der Waals surface area contributed by atoms with Gasteiger partial charge in [-0.3, -0.25) is 14.9 Å². The smallest absolute Gasteiger partial charge is 0.293 e. The molecule has 1 aliphatic rings. The molecule has 3 rings (SSSR count). The van der Waals surface area contributed by atoms with Crippen LogP contribution in [0.5, 0.6) is 0 Å². The zero-order chi connectivity index (χ0) is 19.9. The highest BCUT2D eigenvalue weighted by atomic mass is 35.5. The SMILES string of the molecule is Cl.NCCCN(Cc1ccccc1)C(=O)c1ccc(N2CCCC2)c([N+](=O)[O-])c1. The van der Waals surface area contributed by atoms with Crippen LogP contribution in [0.3, 0.4) is 0 Å². The number of benzene rings is 2. The summed E-state index contributed by atoms with van der Waals surface area (Å²) in [6.07, 6.45) is 2.73. The van der Waals surface area contributed by atoms with E-state index >= 15 is 0 Å². The van der Waals surface area contributed by atoms with Gasteiger partial charge in [-0.2, -0.15) is 0 Å². The van der Waals surface area contributed by atoms with Gasteiger partial charge in [0.15, 0.2) is 0 Å². The molecule has 0 saturated carbocycles. The first-order valence-electron chi connectivity index (χ1n) is 9.67. The van der Waals surface area contributed by atoms with E-state index in [-0.39, 0.29) is 24.0 Å². The minimum absolute atomic E-state index is 0. The minimum atomic E-state index is -0.397. The number of rotatable bonds is 8. The maximum Gasteiger partial charge on any atom is 0.293 e. The first-order valence-corrected chi connectivity index (χ1v) is 9.67. The van der Waals surface area contributed by atoms with Crippen LogP contribution in [0.25, 0.3) is 0 Å². The van der Waals surface area contributed by atoms with Crippen molar-refractivity contribution < 1.29 is 9.72 Å². The Morgan fingerprint density at radius 2 is 1.83 bits per heavy atom. The number of carbonyl (C=O) groups is 1. The second-order valence-corrected chi connectivity index (χ2v) is 7.01. The standard InChI is InChI=1S/C21H26N4O3.ClH/c22-11-6-14-24(16-17-7-2-1-3-8-17)21(26)18-9-10-19(20(15-18)25(27)28)23-12-4-5-13-23;/h1-3,7-10,15H,4-6,11-14,16,22H2;1H. The first kappa shape index (κ1) is 22.6. The van der Waals surface area contributed by atoms with Crippen molar-refractivity contribution in [1.29, 1.82) is 0 Å². The number of nitrogens with two attached hydrogens (primary N) is 1. The zero-order valence-corrected chi connectivity index (χ0v) is 17.1. The molecule has 0 aromatic heterocycles. The second kappa shape index (κ2) is 10.8. The van der Waals surface area contributed by atoms with E-state index in [9.17, 15) is 14.9 Å². The van der Waals surface area contributed by atoms with Crippen molar-refractivity contribution in [1.82, 2.24) is 4.90 Å². The molecule has 1 heterocycles. The number of carbonyl (C=O) groups excluding carboxylic acids is 1. The predicted octanol–water partition coefficient (Wildman–Crippen LogP) is 3.61. The zero-order valence-electron chi connectivity index (χ0n) is 16.3. The van der Waals surface area contributed by atoms with E-state index in [0.29, 0.717) is 37.3 Å². The number of anilines is 1.